The van der Waals surface area contributed by atoms with Crippen LogP contribution in [-0.2, 0) is 24.1 Å². The molecule has 5 atom stereocenters. The van der Waals surface area contributed by atoms with Crippen molar-refractivity contribution in [2.24, 2.45) is 0 Å². The summed E-state index contributed by atoms with van der Waals surface area (Å²) in [5, 5.41) is 14.4. The van der Waals surface area contributed by atoms with E-state index in [2.05, 4.69) is 37.6 Å². The smallest absolute Gasteiger partial charge is 0.318 e. The van der Waals surface area contributed by atoms with Crippen LogP contribution in [0.5, 0.6) is 6.01 Å². The van der Waals surface area contributed by atoms with Crippen molar-refractivity contribution < 1.29 is 23.4 Å². The highest BCUT2D eigenvalue weighted by atomic mass is 19.1. The van der Waals surface area contributed by atoms with Gasteiger partial charge < -0.3 is 29.9 Å². The van der Waals surface area contributed by atoms with E-state index < -0.39 is 23.1 Å². The number of anilines is 3. The van der Waals surface area contributed by atoms with Gasteiger partial charge in [-0.05, 0) is 63.7 Å². The molecule has 2 saturated heterocycles. The minimum Gasteiger partial charge on any atom is -0.461 e. The molecule has 2 fully saturated rings. The molecule has 52 heavy (non-hydrogen) atoms. The third-order valence-electron chi connectivity index (χ3n) is 10.9. The Kier molecular flexibility index (Phi) is 9.78. The van der Waals surface area contributed by atoms with Crippen molar-refractivity contribution in [2.75, 3.05) is 47.5 Å². The lowest BCUT2D eigenvalue weighted by molar-refractivity contribution is -0.117. The highest BCUT2D eigenvalue weighted by molar-refractivity contribution is 5.87. The van der Waals surface area contributed by atoms with E-state index in [9.17, 15) is 14.3 Å². The number of β-amino-alcohol motifs (C(OH)–C–C–N with tert-alkyl or cyclic N) is 1. The summed E-state index contributed by atoms with van der Waals surface area (Å²) in [6, 6.07) is 3.04. The number of nitrogens with zero attached hydrogens (tertiary/aromatic N) is 7. The summed E-state index contributed by atoms with van der Waals surface area (Å²) in [5.74, 6) is 2.65. The SMILES string of the molecule is C#Cc1c(F)ccc2c1N([C@@H]1CCc3c(nc(OC[C@]4(C)C[C@@H](F)CN4c4cncnc4)nc3N3CCCCC(NC(=O)C=C)C3)C1)C[C@](C)(O)C2. The van der Waals surface area contributed by atoms with E-state index in [1.54, 1.807) is 25.4 Å². The molecule has 1 unspecified atom stereocenters. The van der Waals surface area contributed by atoms with E-state index in [4.69, 9.17) is 21.1 Å². The third-order valence-corrected chi connectivity index (χ3v) is 10.9. The number of terminal acetylenes is 1. The van der Waals surface area contributed by atoms with Gasteiger partial charge in [-0.15, -0.1) is 6.42 Å². The summed E-state index contributed by atoms with van der Waals surface area (Å²) < 4.78 is 36.5. The zero-order valence-electron chi connectivity index (χ0n) is 29.8. The van der Waals surface area contributed by atoms with Crippen molar-refractivity contribution >= 4 is 23.1 Å². The number of benzene rings is 1. The van der Waals surface area contributed by atoms with Gasteiger partial charge in [0.15, 0.2) is 0 Å². The van der Waals surface area contributed by atoms with Gasteiger partial charge in [-0.2, -0.15) is 9.97 Å². The van der Waals surface area contributed by atoms with Gasteiger partial charge >= 0.3 is 6.01 Å². The molecule has 1 aliphatic carbocycles. The maximum atomic E-state index is 15.1. The zero-order valence-corrected chi connectivity index (χ0v) is 29.8. The molecule has 7 rings (SSSR count). The Labute approximate surface area is 303 Å². The molecular formula is C39H46F2N8O3. The molecule has 0 radical (unpaired) electrons. The summed E-state index contributed by atoms with van der Waals surface area (Å²) in [4.78, 5) is 36.8. The molecule has 11 nitrogen and oxygen atoms in total. The highest BCUT2D eigenvalue weighted by Gasteiger charge is 2.44. The second-order valence-electron chi connectivity index (χ2n) is 15.2. The normalized spacial score (nSPS) is 27.2. The Morgan fingerprint density at radius 3 is 2.79 bits per heavy atom. The lowest BCUT2D eigenvalue weighted by Crippen LogP contribution is -2.53. The first kappa shape index (κ1) is 35.6. The quantitative estimate of drug-likeness (QED) is 0.261. The number of hydrogen-bond donors (Lipinski definition) is 2. The van der Waals surface area contributed by atoms with Crippen molar-refractivity contribution in [3.63, 3.8) is 0 Å². The number of amides is 1. The monoisotopic (exact) mass is 712 g/mol. The average molecular weight is 713 g/mol. The van der Waals surface area contributed by atoms with Crippen LogP contribution in [0.2, 0.25) is 0 Å². The van der Waals surface area contributed by atoms with Gasteiger partial charge in [0.2, 0.25) is 5.91 Å². The summed E-state index contributed by atoms with van der Waals surface area (Å²) in [6.45, 7) is 9.27. The summed E-state index contributed by atoms with van der Waals surface area (Å²) in [5.41, 5.74) is 2.41. The lowest BCUT2D eigenvalue weighted by Gasteiger charge is -2.46. The molecular weight excluding hydrogens is 666 g/mol. The number of rotatable bonds is 8. The number of ether oxygens (including phenoxy) is 1. The van der Waals surface area contributed by atoms with Crippen LogP contribution in [0, 0.1) is 18.2 Å². The number of aliphatic hydroxyl groups is 1. The number of nitrogens with one attached hydrogen (secondary N) is 1. The van der Waals surface area contributed by atoms with Crippen LogP contribution < -0.4 is 24.8 Å². The van der Waals surface area contributed by atoms with Crippen LogP contribution in [0.4, 0.5) is 26.0 Å². The topological polar surface area (TPSA) is 120 Å². The standard InChI is InChI=1S/C39H46F2N8O3/c1-5-30-32(41)13-10-25-16-39(4,51)22-48(35(25)30)28-11-12-31-33(15-28)45-37(46-36(31)47-14-8-7-9-27(21-47)44-34(50)6-2)52-23-38(3)17-26(40)20-49(38)29-18-42-24-43-19-29/h1,6,10,13,18-19,24,26-28,51H,2,7-9,11-12,14-17,20-23H2,3-4H3,(H,44,50)/t26-,27?,28-,38+,39-/m1/s1. The maximum absolute atomic E-state index is 15.1. The minimum absolute atomic E-state index is 0.0935. The van der Waals surface area contributed by atoms with Crippen molar-refractivity contribution in [2.45, 2.75) is 94.6 Å². The first-order valence-electron chi connectivity index (χ1n) is 18.1. The molecule has 3 aliphatic heterocycles. The molecule has 13 heteroatoms. The number of carbonyl (C=O) groups excluding carboxylic acids is 1. The third kappa shape index (κ3) is 7.13. The molecule has 0 spiro atoms. The maximum Gasteiger partial charge on any atom is 0.318 e. The van der Waals surface area contributed by atoms with Gasteiger partial charge in [0.25, 0.3) is 0 Å². The van der Waals surface area contributed by atoms with Crippen LogP contribution in [0.25, 0.3) is 0 Å². The van der Waals surface area contributed by atoms with Gasteiger partial charge in [0, 0.05) is 56.5 Å². The van der Waals surface area contributed by atoms with Gasteiger partial charge in [0.1, 0.15) is 30.7 Å². The fraction of sp³-hybridized carbons (Fsp3) is 0.513. The largest absolute Gasteiger partial charge is 0.461 e. The minimum atomic E-state index is -1.06. The van der Waals surface area contributed by atoms with E-state index in [1.165, 1.54) is 18.5 Å². The molecule has 1 aromatic carbocycles. The van der Waals surface area contributed by atoms with E-state index >= 15 is 4.39 Å². The van der Waals surface area contributed by atoms with Gasteiger partial charge in [0.05, 0.1) is 52.7 Å². The van der Waals surface area contributed by atoms with Crippen LogP contribution in [0.15, 0.2) is 43.5 Å². The number of carbonyl (C=O) groups is 1. The molecule has 2 aromatic heterocycles. The summed E-state index contributed by atoms with van der Waals surface area (Å²) in [6.07, 6.45) is 16.0. The van der Waals surface area contributed by atoms with E-state index in [0.717, 1.165) is 48.4 Å². The van der Waals surface area contributed by atoms with E-state index in [0.29, 0.717) is 43.6 Å². The van der Waals surface area contributed by atoms with Gasteiger partial charge in [-0.25, -0.2) is 18.7 Å². The molecule has 0 saturated carbocycles. The molecule has 4 aliphatic rings. The van der Waals surface area contributed by atoms with Crippen LogP contribution in [-0.4, -0.2) is 93.1 Å². The van der Waals surface area contributed by atoms with Gasteiger partial charge in [-0.3, -0.25) is 4.79 Å². The fourth-order valence-corrected chi connectivity index (χ4v) is 8.58. The second kappa shape index (κ2) is 14.3. The second-order valence-corrected chi connectivity index (χ2v) is 15.2. The van der Waals surface area contributed by atoms with Gasteiger partial charge in [-0.1, -0.05) is 18.6 Å². The molecule has 274 valence electrons. The first-order valence-corrected chi connectivity index (χ1v) is 18.1. The van der Waals surface area contributed by atoms with Crippen LogP contribution in [0.1, 0.15) is 68.3 Å². The Bertz CT molecular complexity index is 1870. The molecule has 5 heterocycles. The zero-order chi connectivity index (χ0) is 36.6. The Balaban J connectivity index is 1.24. The van der Waals surface area contributed by atoms with E-state index in [-0.39, 0.29) is 55.7 Å². The number of halogens is 2. The van der Waals surface area contributed by atoms with Crippen molar-refractivity contribution in [1.29, 1.82) is 0 Å². The predicted molar refractivity (Wildman–Crippen MR) is 195 cm³/mol. The molecule has 0 bridgehead atoms. The number of hydrogen-bond acceptors (Lipinski definition) is 10. The highest BCUT2D eigenvalue weighted by Crippen LogP contribution is 2.41. The van der Waals surface area contributed by atoms with Crippen LogP contribution in [0.3, 0.4) is 0 Å². The van der Waals surface area contributed by atoms with E-state index in [1.807, 2.05) is 11.8 Å². The Morgan fingerprint density at radius 2 is 2.02 bits per heavy atom. The number of alkyl halides is 1. The average Bonchev–Trinajstić information content (AvgIpc) is 3.26. The van der Waals surface area contributed by atoms with Crippen molar-refractivity contribution in [3.05, 3.63) is 71.7 Å². The first-order chi connectivity index (χ1) is 25.0. The summed E-state index contributed by atoms with van der Waals surface area (Å²) in [7, 11) is 0. The molecule has 1 amide bonds. The Morgan fingerprint density at radius 1 is 1.21 bits per heavy atom. The predicted octanol–water partition coefficient (Wildman–Crippen LogP) is 4.11. The molecule has 3 aromatic rings. The lowest BCUT2D eigenvalue weighted by atomic mass is 9.84. The summed E-state index contributed by atoms with van der Waals surface area (Å²) >= 11 is 0. The fourth-order valence-electron chi connectivity index (χ4n) is 8.58. The number of fused-ring (bicyclic) bond motifs is 2. The molecule has 2 N–H and O–H groups in total. The van der Waals surface area contributed by atoms with Crippen LogP contribution >= 0.6 is 0 Å². The van der Waals surface area contributed by atoms with Crippen molar-refractivity contribution in [3.8, 4) is 18.4 Å². The van der Waals surface area contributed by atoms with Crippen molar-refractivity contribution in [1.82, 2.24) is 25.3 Å². The Hall–Kier alpha value is -4.83. The number of aromatic nitrogens is 4.